The van der Waals surface area contributed by atoms with E-state index >= 15 is 0 Å². The minimum absolute atomic E-state index is 0.360. The van der Waals surface area contributed by atoms with Crippen molar-refractivity contribution < 1.29 is 28.2 Å². The maximum absolute atomic E-state index is 12.6. The first-order valence-corrected chi connectivity index (χ1v) is 11.4. The molecular weight excluding hydrogens is 420 g/mol. The fourth-order valence-electron chi connectivity index (χ4n) is 3.67. The van der Waals surface area contributed by atoms with Crippen LogP contribution in [0.15, 0.2) is 59.5 Å². The number of fused-ring (bicyclic) bond motifs is 1. The summed E-state index contributed by atoms with van der Waals surface area (Å²) in [6, 6.07) is 13.5. The summed E-state index contributed by atoms with van der Waals surface area (Å²) < 4.78 is 28.0. The molecule has 0 aliphatic carbocycles. The molecule has 8 nitrogen and oxygen atoms in total. The Balaban J connectivity index is 0.000000366. The highest BCUT2D eigenvalue weighted by Crippen LogP contribution is 2.23. The van der Waals surface area contributed by atoms with Gasteiger partial charge in [0.25, 0.3) is 0 Å². The first-order chi connectivity index (χ1) is 14.6. The number of benzene rings is 2. The van der Waals surface area contributed by atoms with Crippen LogP contribution in [0.5, 0.6) is 0 Å². The van der Waals surface area contributed by atoms with E-state index in [9.17, 15) is 18.0 Å². The van der Waals surface area contributed by atoms with Crippen LogP contribution in [0.1, 0.15) is 20.3 Å². The first-order valence-electron chi connectivity index (χ1n) is 9.95. The highest BCUT2D eigenvalue weighted by molar-refractivity contribution is 7.89. The molecule has 2 unspecified atom stereocenters. The maximum atomic E-state index is 12.6. The molecule has 2 atom stereocenters. The molecule has 2 aromatic carbocycles. The Kier molecular flexibility index (Phi) is 8.73. The molecule has 1 aliphatic heterocycles. The molecule has 3 N–H and O–H groups in total. The third kappa shape index (κ3) is 7.46. The Morgan fingerprint density at radius 1 is 1.06 bits per heavy atom. The Bertz CT molecular complexity index is 1030. The molecule has 9 heteroatoms. The van der Waals surface area contributed by atoms with Gasteiger partial charge in [0.2, 0.25) is 10.0 Å². The molecule has 0 aromatic heterocycles. The number of hydrogen-bond donors (Lipinski definition) is 3. The lowest BCUT2D eigenvalue weighted by molar-refractivity contribution is -0.134. The summed E-state index contributed by atoms with van der Waals surface area (Å²) in [5.41, 5.74) is 0. The summed E-state index contributed by atoms with van der Waals surface area (Å²) in [5.74, 6) is -1.82. The first kappa shape index (κ1) is 24.5. The van der Waals surface area contributed by atoms with Crippen molar-refractivity contribution in [1.29, 1.82) is 0 Å². The van der Waals surface area contributed by atoms with Gasteiger partial charge in [-0.2, -0.15) is 0 Å². The summed E-state index contributed by atoms with van der Waals surface area (Å²) in [6.45, 7) is 6.72. The number of carbonyl (C=O) groups is 2. The van der Waals surface area contributed by atoms with Crippen LogP contribution in [0.3, 0.4) is 0 Å². The molecule has 1 aliphatic rings. The Morgan fingerprint density at radius 2 is 1.68 bits per heavy atom. The topological polar surface area (TPSA) is 124 Å². The van der Waals surface area contributed by atoms with Gasteiger partial charge in [-0.1, -0.05) is 43.3 Å². The van der Waals surface area contributed by atoms with Crippen molar-refractivity contribution in [3.8, 4) is 0 Å². The van der Waals surface area contributed by atoms with Crippen molar-refractivity contribution in [3.05, 3.63) is 54.6 Å². The molecule has 2 aromatic rings. The summed E-state index contributed by atoms with van der Waals surface area (Å²) in [4.78, 5) is 21.8. The SMILES string of the molecule is CC1CC(C)N(CCNS(=O)(=O)c2cccc3ccccc23)C1.O=C(O)/C=C/C(=O)O. The number of carboxylic acid groups (broad SMARTS) is 2. The zero-order valence-electron chi connectivity index (χ0n) is 17.6. The van der Waals surface area contributed by atoms with Crippen molar-refractivity contribution in [3.63, 3.8) is 0 Å². The second-order valence-corrected chi connectivity index (χ2v) is 9.31. The molecule has 31 heavy (non-hydrogen) atoms. The monoisotopic (exact) mass is 448 g/mol. The molecule has 3 rings (SSSR count). The minimum Gasteiger partial charge on any atom is -0.478 e. The van der Waals surface area contributed by atoms with E-state index in [-0.39, 0.29) is 0 Å². The van der Waals surface area contributed by atoms with E-state index in [0.717, 1.165) is 23.9 Å². The van der Waals surface area contributed by atoms with Gasteiger partial charge in [0.15, 0.2) is 0 Å². The fraction of sp³-hybridized carbons (Fsp3) is 0.364. The Morgan fingerprint density at radius 3 is 2.26 bits per heavy atom. The lowest BCUT2D eigenvalue weighted by Crippen LogP contribution is -2.36. The minimum atomic E-state index is -3.49. The molecule has 168 valence electrons. The van der Waals surface area contributed by atoms with Crippen LogP contribution in [-0.4, -0.2) is 61.1 Å². The highest BCUT2D eigenvalue weighted by atomic mass is 32.2. The van der Waals surface area contributed by atoms with E-state index in [0.29, 0.717) is 35.6 Å². The molecule has 0 radical (unpaired) electrons. The predicted molar refractivity (Wildman–Crippen MR) is 118 cm³/mol. The smallest absolute Gasteiger partial charge is 0.328 e. The molecule has 0 spiro atoms. The molecule has 1 fully saturated rings. The number of aliphatic carboxylic acids is 2. The van der Waals surface area contributed by atoms with Gasteiger partial charge in [-0.3, -0.25) is 4.90 Å². The van der Waals surface area contributed by atoms with E-state index in [1.54, 1.807) is 12.1 Å². The maximum Gasteiger partial charge on any atom is 0.328 e. The van der Waals surface area contributed by atoms with Gasteiger partial charge in [-0.25, -0.2) is 22.7 Å². The highest BCUT2D eigenvalue weighted by Gasteiger charge is 2.26. The molecule has 0 saturated carbocycles. The van der Waals surface area contributed by atoms with E-state index in [1.807, 2.05) is 30.3 Å². The average molecular weight is 449 g/mol. The quantitative estimate of drug-likeness (QED) is 0.556. The van der Waals surface area contributed by atoms with Gasteiger partial charge in [-0.15, -0.1) is 0 Å². The number of sulfonamides is 1. The number of nitrogens with zero attached hydrogens (tertiary/aromatic N) is 1. The lowest BCUT2D eigenvalue weighted by Gasteiger charge is -2.21. The fourth-order valence-corrected chi connectivity index (χ4v) is 4.92. The second-order valence-electron chi connectivity index (χ2n) is 7.57. The number of rotatable bonds is 7. The Labute approximate surface area is 182 Å². The summed E-state index contributed by atoms with van der Waals surface area (Å²) in [6.07, 6.45) is 2.31. The summed E-state index contributed by atoms with van der Waals surface area (Å²) >= 11 is 0. The van der Waals surface area contributed by atoms with Gasteiger partial charge < -0.3 is 10.2 Å². The number of likely N-dealkylation sites (tertiary alicyclic amines) is 1. The number of carboxylic acids is 2. The van der Waals surface area contributed by atoms with Crippen LogP contribution >= 0.6 is 0 Å². The van der Waals surface area contributed by atoms with Crippen LogP contribution in [0.2, 0.25) is 0 Å². The Hall–Kier alpha value is -2.75. The van der Waals surface area contributed by atoms with E-state index in [2.05, 4.69) is 23.5 Å². The van der Waals surface area contributed by atoms with Gasteiger partial charge in [-0.05, 0) is 30.7 Å². The molecule has 0 bridgehead atoms. The van der Waals surface area contributed by atoms with Crippen LogP contribution < -0.4 is 4.72 Å². The van der Waals surface area contributed by atoms with Gasteiger partial charge in [0.05, 0.1) is 4.90 Å². The summed E-state index contributed by atoms with van der Waals surface area (Å²) in [5, 5.41) is 17.3. The van der Waals surface area contributed by atoms with E-state index in [1.165, 1.54) is 6.42 Å². The van der Waals surface area contributed by atoms with Gasteiger partial charge >= 0.3 is 11.9 Å². The number of nitrogens with one attached hydrogen (secondary N) is 1. The average Bonchev–Trinajstić information content (AvgIpc) is 3.03. The largest absolute Gasteiger partial charge is 0.478 e. The van der Waals surface area contributed by atoms with Crippen molar-refractivity contribution in [2.75, 3.05) is 19.6 Å². The number of hydrogen-bond acceptors (Lipinski definition) is 5. The molecular formula is C22H28N2O6S. The van der Waals surface area contributed by atoms with Crippen LogP contribution in [-0.2, 0) is 19.6 Å². The predicted octanol–water partition coefficient (Wildman–Crippen LogP) is 2.56. The van der Waals surface area contributed by atoms with E-state index in [4.69, 9.17) is 10.2 Å². The lowest BCUT2D eigenvalue weighted by atomic mass is 10.1. The molecule has 1 heterocycles. The second kappa shape index (κ2) is 11.0. The van der Waals surface area contributed by atoms with Crippen molar-refractivity contribution in [2.45, 2.75) is 31.2 Å². The van der Waals surface area contributed by atoms with Crippen LogP contribution in [0, 0.1) is 5.92 Å². The normalized spacial score (nSPS) is 19.3. The van der Waals surface area contributed by atoms with Gasteiger partial charge in [0.1, 0.15) is 0 Å². The van der Waals surface area contributed by atoms with Gasteiger partial charge in [0, 0.05) is 43.2 Å². The zero-order chi connectivity index (χ0) is 23.0. The van der Waals surface area contributed by atoms with Crippen molar-refractivity contribution in [1.82, 2.24) is 9.62 Å². The van der Waals surface area contributed by atoms with Crippen molar-refractivity contribution >= 4 is 32.7 Å². The standard InChI is InChI=1S/C18H24N2O2S.C4H4O4/c1-14-12-15(2)20(13-14)11-10-19-23(21,22)18-9-5-7-16-6-3-4-8-17(16)18;5-3(6)1-2-4(7)8/h3-9,14-15,19H,10-13H2,1-2H3;1-2H,(H,5,6)(H,7,8)/b;2-1+. The molecule has 1 saturated heterocycles. The van der Waals surface area contributed by atoms with Crippen molar-refractivity contribution in [2.24, 2.45) is 5.92 Å². The van der Waals surface area contributed by atoms with Crippen LogP contribution in [0.4, 0.5) is 0 Å². The molecule has 0 amide bonds. The van der Waals surface area contributed by atoms with E-state index < -0.39 is 22.0 Å². The third-order valence-corrected chi connectivity index (χ3v) is 6.53. The third-order valence-electron chi connectivity index (χ3n) is 5.01. The summed E-state index contributed by atoms with van der Waals surface area (Å²) in [7, 11) is -3.49. The van der Waals surface area contributed by atoms with Crippen LogP contribution in [0.25, 0.3) is 10.8 Å². The zero-order valence-corrected chi connectivity index (χ0v) is 18.4.